The van der Waals surface area contributed by atoms with E-state index < -0.39 is 0 Å². The van der Waals surface area contributed by atoms with Gasteiger partial charge in [-0.2, -0.15) is 10.2 Å². The van der Waals surface area contributed by atoms with Crippen LogP contribution in [0.4, 0.5) is 0 Å². The summed E-state index contributed by atoms with van der Waals surface area (Å²) in [6, 6.07) is 12.6. The van der Waals surface area contributed by atoms with E-state index in [9.17, 15) is 0 Å². The molecule has 0 aliphatic heterocycles. The van der Waals surface area contributed by atoms with E-state index in [4.69, 9.17) is 0 Å². The lowest BCUT2D eigenvalue weighted by Gasteiger charge is -2.03. The average Bonchev–Trinajstić information content (AvgIpc) is 2.45. The van der Waals surface area contributed by atoms with Crippen LogP contribution in [-0.4, -0.2) is 10.2 Å². The summed E-state index contributed by atoms with van der Waals surface area (Å²) >= 11 is 0. The second-order valence-corrected chi connectivity index (χ2v) is 4.62. The van der Waals surface area contributed by atoms with Gasteiger partial charge in [0.15, 0.2) is 0 Å². The molecule has 0 fully saturated rings. The number of unbranched alkanes of at least 4 members (excludes halogenated alkanes) is 3. The summed E-state index contributed by atoms with van der Waals surface area (Å²) in [7, 11) is 0. The molecular weight excluding hydrogens is 220 g/mol. The molecule has 1 aromatic heterocycles. The van der Waals surface area contributed by atoms with Crippen LogP contribution in [0.2, 0.25) is 0 Å². The smallest absolute Gasteiger partial charge is 0.0929 e. The van der Waals surface area contributed by atoms with Gasteiger partial charge in [-0.25, -0.2) is 0 Å². The van der Waals surface area contributed by atoms with Crippen molar-refractivity contribution in [3.05, 3.63) is 48.2 Å². The number of hydrogen-bond acceptors (Lipinski definition) is 2. The van der Waals surface area contributed by atoms with E-state index in [1.54, 1.807) is 6.20 Å². The number of nitrogens with zero attached hydrogens (tertiary/aromatic N) is 2. The molecule has 2 aromatic rings. The molecule has 1 heterocycles. The highest BCUT2D eigenvalue weighted by Gasteiger charge is 1.99. The van der Waals surface area contributed by atoms with Crippen LogP contribution in [0.25, 0.3) is 11.3 Å². The van der Waals surface area contributed by atoms with Crippen molar-refractivity contribution >= 4 is 0 Å². The summed E-state index contributed by atoms with van der Waals surface area (Å²) in [5.74, 6) is 0. The zero-order chi connectivity index (χ0) is 12.6. The molecule has 0 radical (unpaired) electrons. The van der Waals surface area contributed by atoms with Crippen LogP contribution >= 0.6 is 0 Å². The Labute approximate surface area is 109 Å². The largest absolute Gasteiger partial charge is 0.159 e. The molecule has 0 aliphatic rings. The van der Waals surface area contributed by atoms with E-state index in [0.29, 0.717) is 0 Å². The van der Waals surface area contributed by atoms with Gasteiger partial charge in [0, 0.05) is 11.8 Å². The Morgan fingerprint density at radius 2 is 1.78 bits per heavy atom. The maximum atomic E-state index is 4.12. The molecular formula is C16H20N2. The number of hydrogen-bond donors (Lipinski definition) is 0. The normalized spacial score (nSPS) is 10.5. The highest BCUT2D eigenvalue weighted by atomic mass is 15.1. The van der Waals surface area contributed by atoms with Crippen LogP contribution in [0.5, 0.6) is 0 Å². The zero-order valence-corrected chi connectivity index (χ0v) is 11.0. The van der Waals surface area contributed by atoms with E-state index in [2.05, 4.69) is 41.4 Å². The Bertz CT molecular complexity index is 448. The van der Waals surface area contributed by atoms with Crippen molar-refractivity contribution in [3.8, 4) is 11.3 Å². The van der Waals surface area contributed by atoms with Gasteiger partial charge in [-0.15, -0.1) is 0 Å². The minimum Gasteiger partial charge on any atom is -0.159 e. The molecule has 2 rings (SSSR count). The maximum Gasteiger partial charge on any atom is 0.0929 e. The van der Waals surface area contributed by atoms with E-state index in [1.807, 2.05) is 12.1 Å². The zero-order valence-electron chi connectivity index (χ0n) is 11.0. The van der Waals surface area contributed by atoms with Gasteiger partial charge in [0.25, 0.3) is 0 Å². The fourth-order valence-electron chi connectivity index (χ4n) is 2.05. The molecule has 2 heteroatoms. The Morgan fingerprint density at radius 3 is 2.44 bits per heavy atom. The Balaban J connectivity index is 1.94. The van der Waals surface area contributed by atoms with Gasteiger partial charge >= 0.3 is 0 Å². The molecule has 1 aromatic carbocycles. The third-order valence-corrected chi connectivity index (χ3v) is 3.14. The second-order valence-electron chi connectivity index (χ2n) is 4.62. The van der Waals surface area contributed by atoms with Crippen molar-refractivity contribution in [2.45, 2.75) is 39.0 Å². The van der Waals surface area contributed by atoms with Gasteiger partial charge in [-0.05, 0) is 30.5 Å². The van der Waals surface area contributed by atoms with Gasteiger partial charge in [-0.1, -0.05) is 50.5 Å². The molecule has 0 bridgehead atoms. The summed E-state index contributed by atoms with van der Waals surface area (Å²) in [5, 5.41) is 8.02. The van der Waals surface area contributed by atoms with Crippen molar-refractivity contribution < 1.29 is 0 Å². The molecule has 0 atom stereocenters. The average molecular weight is 240 g/mol. The summed E-state index contributed by atoms with van der Waals surface area (Å²) in [4.78, 5) is 0. The van der Waals surface area contributed by atoms with Crippen molar-refractivity contribution in [2.75, 3.05) is 0 Å². The maximum absolute atomic E-state index is 4.12. The van der Waals surface area contributed by atoms with Gasteiger partial charge in [-0.3, -0.25) is 0 Å². The first-order valence-electron chi connectivity index (χ1n) is 6.77. The fraction of sp³-hybridized carbons (Fsp3) is 0.375. The van der Waals surface area contributed by atoms with Gasteiger partial charge < -0.3 is 0 Å². The SMILES string of the molecule is CCCCCCc1ccc(-c2cccnn2)cc1. The van der Waals surface area contributed by atoms with Crippen LogP contribution in [0.3, 0.4) is 0 Å². The van der Waals surface area contributed by atoms with Crippen LogP contribution in [0, 0.1) is 0 Å². The lowest BCUT2D eigenvalue weighted by molar-refractivity contribution is 0.667. The first kappa shape index (κ1) is 12.7. The standard InChI is InChI=1S/C16H20N2/c1-2-3-4-5-7-14-9-11-15(12-10-14)16-8-6-13-17-18-16/h6,8-13H,2-5,7H2,1H3. The van der Waals surface area contributed by atoms with Gasteiger partial charge in [0.1, 0.15) is 0 Å². The predicted octanol–water partition coefficient (Wildman–Crippen LogP) is 4.27. The fourth-order valence-corrected chi connectivity index (χ4v) is 2.05. The lowest BCUT2D eigenvalue weighted by atomic mass is 10.0. The second kappa shape index (κ2) is 6.90. The highest BCUT2D eigenvalue weighted by Crippen LogP contribution is 2.17. The van der Waals surface area contributed by atoms with E-state index in [0.717, 1.165) is 11.3 Å². The minimum absolute atomic E-state index is 0.940. The Hall–Kier alpha value is -1.70. The van der Waals surface area contributed by atoms with E-state index in [-0.39, 0.29) is 0 Å². The summed E-state index contributed by atoms with van der Waals surface area (Å²) < 4.78 is 0. The molecule has 0 unspecified atom stereocenters. The molecule has 0 spiro atoms. The van der Waals surface area contributed by atoms with Gasteiger partial charge in [0.05, 0.1) is 5.69 Å². The van der Waals surface area contributed by atoms with Gasteiger partial charge in [0.2, 0.25) is 0 Å². The first-order chi connectivity index (χ1) is 8.90. The van der Waals surface area contributed by atoms with Crippen LogP contribution in [0.15, 0.2) is 42.6 Å². The molecule has 0 saturated carbocycles. The third-order valence-electron chi connectivity index (χ3n) is 3.14. The van der Waals surface area contributed by atoms with Crippen LogP contribution < -0.4 is 0 Å². The Kier molecular flexibility index (Phi) is 4.88. The molecule has 2 nitrogen and oxygen atoms in total. The highest BCUT2D eigenvalue weighted by molar-refractivity contribution is 5.58. The Morgan fingerprint density at radius 1 is 0.944 bits per heavy atom. The molecule has 94 valence electrons. The molecule has 0 saturated heterocycles. The van der Waals surface area contributed by atoms with Crippen molar-refractivity contribution in [1.29, 1.82) is 0 Å². The van der Waals surface area contributed by atoms with E-state index >= 15 is 0 Å². The molecule has 0 N–H and O–H groups in total. The van der Waals surface area contributed by atoms with Crippen LogP contribution in [0.1, 0.15) is 38.2 Å². The first-order valence-corrected chi connectivity index (χ1v) is 6.77. The number of rotatable bonds is 6. The number of aromatic nitrogens is 2. The number of aryl methyl sites for hydroxylation is 1. The molecule has 0 aliphatic carbocycles. The monoisotopic (exact) mass is 240 g/mol. The lowest BCUT2D eigenvalue weighted by Crippen LogP contribution is -1.88. The topological polar surface area (TPSA) is 25.8 Å². The molecule has 18 heavy (non-hydrogen) atoms. The van der Waals surface area contributed by atoms with Crippen molar-refractivity contribution in [3.63, 3.8) is 0 Å². The summed E-state index contributed by atoms with van der Waals surface area (Å²) in [6.45, 7) is 2.25. The quantitative estimate of drug-likeness (QED) is 0.705. The third kappa shape index (κ3) is 3.66. The predicted molar refractivity (Wildman–Crippen MR) is 75.3 cm³/mol. The summed E-state index contributed by atoms with van der Waals surface area (Å²) in [6.07, 6.45) is 8.15. The van der Waals surface area contributed by atoms with Crippen molar-refractivity contribution in [1.82, 2.24) is 10.2 Å². The van der Waals surface area contributed by atoms with E-state index in [1.165, 1.54) is 37.7 Å². The minimum atomic E-state index is 0.940. The molecule has 0 amide bonds. The van der Waals surface area contributed by atoms with Crippen LogP contribution in [-0.2, 0) is 6.42 Å². The van der Waals surface area contributed by atoms with Crippen molar-refractivity contribution in [2.24, 2.45) is 0 Å². The summed E-state index contributed by atoms with van der Waals surface area (Å²) in [5.41, 5.74) is 3.49. The number of benzene rings is 1.